The maximum Gasteiger partial charge on any atom is 0.145 e. The van der Waals surface area contributed by atoms with Gasteiger partial charge >= 0.3 is 0 Å². The molecule has 2 heterocycles. The molecule has 0 bridgehead atoms. The first-order chi connectivity index (χ1) is 11.1. The van der Waals surface area contributed by atoms with E-state index in [1.807, 2.05) is 30.5 Å². The summed E-state index contributed by atoms with van der Waals surface area (Å²) in [6.07, 6.45) is 1.81. The van der Waals surface area contributed by atoms with E-state index in [1.54, 1.807) is 0 Å². The lowest BCUT2D eigenvalue weighted by atomic mass is 10.1. The fourth-order valence-electron chi connectivity index (χ4n) is 3.01. The molecule has 2 aromatic heterocycles. The molecule has 0 spiro atoms. The van der Waals surface area contributed by atoms with Crippen molar-refractivity contribution in [3.05, 3.63) is 48.7 Å². The van der Waals surface area contributed by atoms with Gasteiger partial charge in [-0.3, -0.25) is 10.4 Å². The Kier molecular flexibility index (Phi) is 2.94. The molecule has 0 saturated carbocycles. The van der Waals surface area contributed by atoms with E-state index in [-0.39, 0.29) is 12.4 Å². The van der Waals surface area contributed by atoms with Gasteiger partial charge in [0.1, 0.15) is 18.2 Å². The summed E-state index contributed by atoms with van der Waals surface area (Å²) < 4.78 is 7.71. The van der Waals surface area contributed by atoms with Gasteiger partial charge in [-0.15, -0.1) is 0 Å². The monoisotopic (exact) mass is 304 g/mol. The van der Waals surface area contributed by atoms with E-state index in [1.165, 1.54) is 0 Å². The Balaban J connectivity index is 1.98. The molecule has 0 fully saturated rings. The average Bonchev–Trinajstić information content (AvgIpc) is 2.83. The van der Waals surface area contributed by atoms with Crippen LogP contribution in [0.2, 0.25) is 0 Å². The summed E-state index contributed by atoms with van der Waals surface area (Å²) in [6.45, 7) is 0.100. The molecule has 4 rings (SSSR count). The third-order valence-corrected chi connectivity index (χ3v) is 4.10. The SMILES string of the molecule is Cn1c2ccc(OCC(=N)N)cc2c2cc3cccnc3cc21. The molecular weight excluding hydrogens is 288 g/mol. The van der Waals surface area contributed by atoms with Crippen LogP contribution in [0.4, 0.5) is 0 Å². The molecule has 0 atom stereocenters. The summed E-state index contributed by atoms with van der Waals surface area (Å²) in [5, 5.41) is 10.7. The number of aromatic nitrogens is 2. The van der Waals surface area contributed by atoms with Gasteiger partial charge in [0.2, 0.25) is 0 Å². The second-order valence-corrected chi connectivity index (χ2v) is 5.62. The summed E-state index contributed by atoms with van der Waals surface area (Å²) >= 11 is 0. The van der Waals surface area contributed by atoms with Crippen molar-refractivity contribution in [2.75, 3.05) is 6.61 Å². The standard InChI is InChI=1S/C18H16N4O/c1-22-16-5-4-12(23-10-18(19)20)8-14(16)13-7-11-3-2-6-21-15(11)9-17(13)22/h2-9H,10H2,1H3,(H3,19,20). The minimum absolute atomic E-state index is 0.0140. The molecule has 3 N–H and O–H groups in total. The van der Waals surface area contributed by atoms with Crippen molar-refractivity contribution in [3.8, 4) is 5.75 Å². The molecule has 5 nitrogen and oxygen atoms in total. The Hall–Kier alpha value is -3.08. The average molecular weight is 304 g/mol. The van der Waals surface area contributed by atoms with E-state index in [0.29, 0.717) is 5.75 Å². The number of rotatable bonds is 3. The van der Waals surface area contributed by atoms with Crippen LogP contribution < -0.4 is 10.5 Å². The first kappa shape index (κ1) is 13.6. The Morgan fingerprint density at radius 1 is 1.17 bits per heavy atom. The van der Waals surface area contributed by atoms with Crippen LogP contribution in [-0.2, 0) is 7.05 Å². The molecular formula is C18H16N4O. The second-order valence-electron chi connectivity index (χ2n) is 5.62. The first-order valence-corrected chi connectivity index (χ1v) is 7.36. The maximum atomic E-state index is 7.27. The summed E-state index contributed by atoms with van der Waals surface area (Å²) in [7, 11) is 2.05. The van der Waals surface area contributed by atoms with Gasteiger partial charge < -0.3 is 15.0 Å². The highest BCUT2D eigenvalue weighted by Gasteiger charge is 2.11. The van der Waals surface area contributed by atoms with Crippen LogP contribution in [0.3, 0.4) is 0 Å². The third-order valence-electron chi connectivity index (χ3n) is 4.10. The minimum atomic E-state index is 0.0140. The minimum Gasteiger partial charge on any atom is -0.486 e. The number of nitrogens with zero attached hydrogens (tertiary/aromatic N) is 2. The molecule has 114 valence electrons. The van der Waals surface area contributed by atoms with Crippen LogP contribution in [0.25, 0.3) is 32.7 Å². The largest absolute Gasteiger partial charge is 0.486 e. The lowest BCUT2D eigenvalue weighted by molar-refractivity contribution is 0.375. The molecule has 4 aromatic rings. The number of pyridine rings is 1. The van der Waals surface area contributed by atoms with Crippen molar-refractivity contribution in [2.24, 2.45) is 12.8 Å². The van der Waals surface area contributed by atoms with E-state index in [2.05, 4.69) is 34.8 Å². The predicted octanol–water partition coefficient (Wildman–Crippen LogP) is 3.19. The highest BCUT2D eigenvalue weighted by atomic mass is 16.5. The molecule has 0 radical (unpaired) electrons. The number of ether oxygens (including phenoxy) is 1. The number of hydrogen-bond donors (Lipinski definition) is 2. The fourth-order valence-corrected chi connectivity index (χ4v) is 3.01. The van der Waals surface area contributed by atoms with E-state index in [4.69, 9.17) is 15.9 Å². The van der Waals surface area contributed by atoms with Gasteiger partial charge in [-0.2, -0.15) is 0 Å². The van der Waals surface area contributed by atoms with Crippen LogP contribution >= 0.6 is 0 Å². The lowest BCUT2D eigenvalue weighted by Gasteiger charge is -2.05. The van der Waals surface area contributed by atoms with Gasteiger partial charge in [-0.05, 0) is 36.4 Å². The highest BCUT2D eigenvalue weighted by molar-refractivity contribution is 6.12. The third kappa shape index (κ3) is 2.17. The fraction of sp³-hybridized carbons (Fsp3) is 0.111. The summed E-state index contributed by atoms with van der Waals surface area (Å²) in [6, 6.07) is 14.2. The first-order valence-electron chi connectivity index (χ1n) is 7.36. The Labute approximate surface area is 132 Å². The molecule has 0 aliphatic heterocycles. The van der Waals surface area contributed by atoms with Crippen LogP contribution in [-0.4, -0.2) is 22.0 Å². The van der Waals surface area contributed by atoms with Crippen molar-refractivity contribution >= 4 is 38.5 Å². The predicted molar refractivity (Wildman–Crippen MR) is 93.1 cm³/mol. The van der Waals surface area contributed by atoms with Crippen molar-refractivity contribution < 1.29 is 4.74 Å². The molecule has 23 heavy (non-hydrogen) atoms. The molecule has 0 unspecified atom stereocenters. The van der Waals surface area contributed by atoms with E-state index >= 15 is 0 Å². The topological polar surface area (TPSA) is 76.9 Å². The number of benzene rings is 2. The van der Waals surface area contributed by atoms with E-state index in [9.17, 15) is 0 Å². The van der Waals surface area contributed by atoms with Crippen molar-refractivity contribution in [2.45, 2.75) is 0 Å². The molecule has 0 aliphatic rings. The number of amidine groups is 1. The summed E-state index contributed by atoms with van der Waals surface area (Å²) in [5.74, 6) is 0.728. The van der Waals surface area contributed by atoms with Crippen molar-refractivity contribution in [3.63, 3.8) is 0 Å². The second kappa shape index (κ2) is 4.98. The van der Waals surface area contributed by atoms with Gasteiger partial charge in [-0.25, -0.2) is 0 Å². The number of hydrogen-bond acceptors (Lipinski definition) is 3. The number of nitrogens with two attached hydrogens (primary N) is 1. The van der Waals surface area contributed by atoms with Crippen LogP contribution in [0.5, 0.6) is 5.75 Å². The normalized spacial score (nSPS) is 11.3. The molecule has 0 saturated heterocycles. The molecule has 2 aromatic carbocycles. The van der Waals surface area contributed by atoms with Gasteiger partial charge in [0.05, 0.1) is 11.0 Å². The van der Waals surface area contributed by atoms with Gasteiger partial charge in [0.15, 0.2) is 0 Å². The molecule has 5 heteroatoms. The maximum absolute atomic E-state index is 7.27. The zero-order valence-electron chi connectivity index (χ0n) is 12.7. The summed E-state index contributed by atoms with van der Waals surface area (Å²) in [5.41, 5.74) is 8.61. The Bertz CT molecular complexity index is 1060. The Morgan fingerprint density at radius 3 is 2.83 bits per heavy atom. The quantitative estimate of drug-likeness (QED) is 0.451. The molecule has 0 aliphatic carbocycles. The highest BCUT2D eigenvalue weighted by Crippen LogP contribution is 2.33. The number of fused-ring (bicyclic) bond motifs is 4. The van der Waals surface area contributed by atoms with Crippen LogP contribution in [0.1, 0.15) is 0 Å². The van der Waals surface area contributed by atoms with Gasteiger partial charge in [-0.1, -0.05) is 6.07 Å². The van der Waals surface area contributed by atoms with Gasteiger partial charge in [0, 0.05) is 34.9 Å². The van der Waals surface area contributed by atoms with Crippen LogP contribution in [0.15, 0.2) is 48.7 Å². The van der Waals surface area contributed by atoms with Crippen LogP contribution in [0, 0.1) is 5.41 Å². The smallest absolute Gasteiger partial charge is 0.145 e. The van der Waals surface area contributed by atoms with Crippen molar-refractivity contribution in [1.82, 2.24) is 9.55 Å². The van der Waals surface area contributed by atoms with Gasteiger partial charge in [0.25, 0.3) is 0 Å². The molecule has 0 amide bonds. The van der Waals surface area contributed by atoms with E-state index < -0.39 is 0 Å². The lowest BCUT2D eigenvalue weighted by Crippen LogP contribution is -2.19. The van der Waals surface area contributed by atoms with E-state index in [0.717, 1.165) is 32.7 Å². The van der Waals surface area contributed by atoms with Crippen molar-refractivity contribution in [1.29, 1.82) is 5.41 Å². The Morgan fingerprint density at radius 2 is 2.00 bits per heavy atom. The zero-order valence-corrected chi connectivity index (χ0v) is 12.7. The summed E-state index contributed by atoms with van der Waals surface area (Å²) in [4.78, 5) is 4.43. The zero-order chi connectivity index (χ0) is 16.0. The number of aryl methyl sites for hydroxylation is 1. The number of nitrogens with one attached hydrogen (secondary N) is 1.